The average Bonchev–Trinajstić information content (AvgIpc) is 3.09. The molecule has 18 heteroatoms. The Hall–Kier alpha value is -6.22. The lowest BCUT2D eigenvalue weighted by atomic mass is 10.2. The van der Waals surface area contributed by atoms with Crippen molar-refractivity contribution in [2.45, 2.75) is 12.8 Å². The predicted octanol–water partition coefficient (Wildman–Crippen LogP) is 5.16. The molecule has 0 radical (unpaired) electrons. The molecule has 2 aromatic carbocycles. The number of rotatable bonds is 16. The van der Waals surface area contributed by atoms with E-state index in [4.69, 9.17) is 27.2 Å². The van der Waals surface area contributed by atoms with E-state index in [1.54, 1.807) is 12.1 Å². The molecule has 2 rings (SSSR count). The van der Waals surface area contributed by atoms with Crippen LogP contribution in [0, 0.1) is 36.3 Å². The van der Waals surface area contributed by atoms with Crippen molar-refractivity contribution in [1.29, 1.82) is 0 Å². The topological polar surface area (TPSA) is 199 Å². The molecule has 0 saturated carbocycles. The lowest BCUT2D eigenvalue weighted by Gasteiger charge is -2.01. The fourth-order valence-corrected chi connectivity index (χ4v) is 2.29. The number of alkyl halides is 2. The van der Waals surface area contributed by atoms with E-state index in [9.17, 15) is 27.2 Å². The van der Waals surface area contributed by atoms with Crippen LogP contribution in [0.15, 0.2) is 69.1 Å². The molecular weight excluding hydrogens is 636 g/mol. The van der Waals surface area contributed by atoms with Crippen molar-refractivity contribution in [2.75, 3.05) is 52.7 Å². The molecule has 0 fully saturated rings. The number of oxime groups is 2. The number of carbonyl (C=O) groups is 2. The molecule has 0 aromatic heterocycles. The average molecular weight is 671 g/mol. The smallest absolute Gasteiger partial charge is 0.260 e. The van der Waals surface area contributed by atoms with Gasteiger partial charge in [0.25, 0.3) is 11.8 Å². The van der Waals surface area contributed by atoms with Crippen molar-refractivity contribution in [1.82, 2.24) is 10.6 Å². The SMILES string of the molecule is C#CCCNC(=O)CO/N=C/c1ccc([18F])cc1.C#CCC[18F].[N-]=[N+]=NCCNC(=O)CO/N=C/c1ccc([18F])cc1.[N-]=[N+]=NCC[18F]. The molecule has 0 unspecified atom stereocenters. The van der Waals surface area contributed by atoms with E-state index in [1.165, 1.54) is 48.8 Å². The molecule has 2 amide bonds. The summed E-state index contributed by atoms with van der Waals surface area (Å²) in [5.74, 6) is 3.23. The number of hydrogen-bond acceptors (Lipinski definition) is 8. The number of hydrogen-bond donors (Lipinski definition) is 2. The number of terminal acetylenes is 2. The standard InChI is InChI=1S/C13H13FN2O2.C11H12FN5O2.C4H5F.C2H4FN3/c1-2-3-8-15-13(17)10-18-16-9-11-4-6-12(14)7-5-11;12-10-3-1-9(2-4-10)7-16-19-8-11(18)14-5-6-15-17-13;1-2-3-4-5;3-1-2-5-6-4/h1,4-7,9H,3,8,10H2,(H,15,17);1-4,7H,5-6,8H2,(H,14,18);1H,3-4H2;1-2H2/b16-9+;16-7+;;/i14-1;12-1;5-1;3-1. The largest absolute Gasteiger partial charge is 0.386 e. The first-order valence-corrected chi connectivity index (χ1v) is 13.6. The summed E-state index contributed by atoms with van der Waals surface area (Å²) >= 11 is 0. The van der Waals surface area contributed by atoms with Gasteiger partial charge in [0.05, 0.1) is 25.6 Å². The van der Waals surface area contributed by atoms with Crippen LogP contribution in [0.3, 0.4) is 0 Å². The van der Waals surface area contributed by atoms with Crippen LogP contribution in [0.25, 0.3) is 20.9 Å². The molecule has 48 heavy (non-hydrogen) atoms. The highest BCUT2D eigenvalue weighted by Gasteiger charge is 2.00. The van der Waals surface area contributed by atoms with Gasteiger partial charge in [-0.05, 0) is 46.5 Å². The van der Waals surface area contributed by atoms with Crippen LogP contribution in [0.4, 0.5) is 17.6 Å². The van der Waals surface area contributed by atoms with Gasteiger partial charge >= 0.3 is 0 Å². The van der Waals surface area contributed by atoms with E-state index in [2.05, 4.69) is 59.3 Å². The van der Waals surface area contributed by atoms with Crippen molar-refractivity contribution < 1.29 is 36.8 Å². The number of halogens is 4. The minimum Gasteiger partial charge on any atom is -0.386 e. The molecule has 0 aliphatic rings. The molecule has 0 heterocycles. The maximum absolute atomic E-state index is 12.6. The lowest BCUT2D eigenvalue weighted by molar-refractivity contribution is -0.126. The summed E-state index contributed by atoms with van der Waals surface area (Å²) in [5.41, 5.74) is 16.8. The summed E-state index contributed by atoms with van der Waals surface area (Å²) in [6, 6.07) is 11.4. The van der Waals surface area contributed by atoms with E-state index in [0.717, 1.165) is 0 Å². The lowest BCUT2D eigenvalue weighted by Crippen LogP contribution is -2.29. The fourth-order valence-electron chi connectivity index (χ4n) is 2.29. The van der Waals surface area contributed by atoms with Gasteiger partial charge in [0.2, 0.25) is 0 Å². The molecule has 14 nitrogen and oxygen atoms in total. The predicted molar refractivity (Wildman–Crippen MR) is 173 cm³/mol. The number of nitrogens with zero attached hydrogens (tertiary/aromatic N) is 8. The number of amides is 2. The monoisotopic (exact) mass is 670 g/mol. The number of azide groups is 2. The second-order valence-corrected chi connectivity index (χ2v) is 8.01. The molecular formula is C30H34F4N10O4. The minimum absolute atomic E-state index is 0.0451. The Labute approximate surface area is 274 Å². The summed E-state index contributed by atoms with van der Waals surface area (Å²) in [6.07, 6.45) is 13.2. The Balaban J connectivity index is 0. The molecule has 0 aliphatic carbocycles. The molecule has 0 aliphatic heterocycles. The van der Waals surface area contributed by atoms with Gasteiger partial charge in [0, 0.05) is 42.3 Å². The molecule has 0 atom stereocenters. The maximum atomic E-state index is 12.6. The van der Waals surface area contributed by atoms with Crippen LogP contribution in [-0.4, -0.2) is 77.0 Å². The highest BCUT2D eigenvalue weighted by atomic mass is 18.2. The van der Waals surface area contributed by atoms with Gasteiger partial charge in [-0.2, -0.15) is 0 Å². The zero-order chi connectivity index (χ0) is 36.1. The van der Waals surface area contributed by atoms with Gasteiger partial charge in [-0.1, -0.05) is 44.8 Å². The van der Waals surface area contributed by atoms with Gasteiger partial charge in [0.1, 0.15) is 18.3 Å². The van der Waals surface area contributed by atoms with Gasteiger partial charge in [-0.25, -0.2) is 8.78 Å². The third-order valence-corrected chi connectivity index (χ3v) is 4.36. The maximum Gasteiger partial charge on any atom is 0.260 e. The van der Waals surface area contributed by atoms with Gasteiger partial charge in [-0.15, -0.1) is 24.7 Å². The highest BCUT2D eigenvalue weighted by molar-refractivity contribution is 5.80. The zero-order valence-electron chi connectivity index (χ0n) is 25.7. The van der Waals surface area contributed by atoms with Crippen LogP contribution in [0.1, 0.15) is 24.0 Å². The number of carbonyl (C=O) groups excluding carboxylic acids is 2. The van der Waals surface area contributed by atoms with E-state index >= 15 is 0 Å². The summed E-state index contributed by atoms with van der Waals surface area (Å²) in [5, 5.41) is 18.3. The number of benzene rings is 2. The molecule has 0 bridgehead atoms. The second-order valence-electron chi connectivity index (χ2n) is 8.01. The summed E-state index contributed by atoms with van der Waals surface area (Å²) < 4.78 is 46.9. The Bertz CT molecular complexity index is 1400. The Kier molecular flexibility index (Phi) is 30.8. The van der Waals surface area contributed by atoms with Gasteiger partial charge in [0.15, 0.2) is 13.2 Å². The minimum atomic E-state index is -0.565. The van der Waals surface area contributed by atoms with Crippen molar-refractivity contribution >= 4 is 24.2 Å². The van der Waals surface area contributed by atoms with E-state index in [-0.39, 0.29) is 62.7 Å². The Morgan fingerprint density at radius 2 is 1.17 bits per heavy atom. The third kappa shape index (κ3) is 31.2. The summed E-state index contributed by atoms with van der Waals surface area (Å²) in [7, 11) is 0. The van der Waals surface area contributed by atoms with Crippen molar-refractivity contribution in [3.63, 3.8) is 0 Å². The second kappa shape index (κ2) is 33.7. The highest BCUT2D eigenvalue weighted by Crippen LogP contribution is 2.00. The summed E-state index contributed by atoms with van der Waals surface area (Å²) in [6.45, 7) is -0.581. The molecule has 256 valence electrons. The molecule has 0 saturated heterocycles. The van der Waals surface area contributed by atoms with Gasteiger partial charge < -0.3 is 20.3 Å². The van der Waals surface area contributed by atoms with Crippen molar-refractivity contribution in [2.24, 2.45) is 20.5 Å². The molecule has 2 aromatic rings. The van der Waals surface area contributed by atoms with Crippen LogP contribution in [0.5, 0.6) is 0 Å². The molecule has 2 N–H and O–H groups in total. The Morgan fingerprint density at radius 3 is 1.52 bits per heavy atom. The quantitative estimate of drug-likeness (QED) is 0.0363. The van der Waals surface area contributed by atoms with Crippen LogP contribution < -0.4 is 10.6 Å². The van der Waals surface area contributed by atoms with Gasteiger partial charge in [-0.3, -0.25) is 18.4 Å². The van der Waals surface area contributed by atoms with E-state index in [1.807, 2.05) is 0 Å². The fraction of sp³-hybridized carbons (Fsp3) is 0.333. The third-order valence-electron chi connectivity index (χ3n) is 4.36. The zero-order valence-corrected chi connectivity index (χ0v) is 25.7. The van der Waals surface area contributed by atoms with E-state index < -0.39 is 13.3 Å². The van der Waals surface area contributed by atoms with E-state index in [0.29, 0.717) is 24.1 Å². The Morgan fingerprint density at radius 1 is 0.729 bits per heavy atom. The number of nitrogens with one attached hydrogen (secondary N) is 2. The first kappa shape index (κ1) is 43.9. The van der Waals surface area contributed by atoms with Crippen LogP contribution in [-0.2, 0) is 19.3 Å². The van der Waals surface area contributed by atoms with Crippen molar-refractivity contribution in [3.8, 4) is 24.7 Å². The normalized spacial score (nSPS) is 9.21. The molecule has 0 spiro atoms. The van der Waals surface area contributed by atoms with Crippen molar-refractivity contribution in [3.05, 3.63) is 92.2 Å². The first-order chi connectivity index (χ1) is 23.3. The summed E-state index contributed by atoms with van der Waals surface area (Å²) in [4.78, 5) is 36.7. The first-order valence-electron chi connectivity index (χ1n) is 13.6. The van der Waals surface area contributed by atoms with Crippen LogP contribution in [0.2, 0.25) is 0 Å². The van der Waals surface area contributed by atoms with Crippen LogP contribution >= 0.6 is 0 Å².